The Hall–Kier alpha value is -2.01. The highest BCUT2D eigenvalue weighted by Gasteiger charge is 2.12. The van der Waals surface area contributed by atoms with Crippen molar-refractivity contribution in [1.29, 1.82) is 0 Å². The Bertz CT molecular complexity index is 628. The second-order valence-electron chi connectivity index (χ2n) is 4.17. The van der Waals surface area contributed by atoms with Crippen LogP contribution in [-0.2, 0) is 5.33 Å². The van der Waals surface area contributed by atoms with Gasteiger partial charge in [-0.05, 0) is 35.9 Å². The molecule has 0 aromatic heterocycles. The molecule has 0 bridgehead atoms. The number of ether oxygens (including phenoxy) is 1. The summed E-state index contributed by atoms with van der Waals surface area (Å²) >= 11 is 3.36. The fourth-order valence-corrected chi connectivity index (χ4v) is 2.10. The number of nitrogens with one attached hydrogen (secondary N) is 1. The van der Waals surface area contributed by atoms with E-state index in [0.29, 0.717) is 16.8 Å². The highest BCUT2D eigenvalue weighted by atomic mass is 79.9. The maximum absolute atomic E-state index is 12.2. The largest absolute Gasteiger partial charge is 0.507 e. The van der Waals surface area contributed by atoms with Crippen LogP contribution < -0.4 is 10.1 Å². The van der Waals surface area contributed by atoms with Gasteiger partial charge in [0.1, 0.15) is 11.5 Å². The van der Waals surface area contributed by atoms with Gasteiger partial charge in [0.05, 0.1) is 12.7 Å². The topological polar surface area (TPSA) is 58.6 Å². The molecule has 2 aromatic carbocycles. The molecule has 0 heterocycles. The molecule has 0 saturated heterocycles. The Morgan fingerprint density at radius 3 is 2.80 bits per heavy atom. The first kappa shape index (κ1) is 14.4. The van der Waals surface area contributed by atoms with E-state index in [1.165, 1.54) is 19.2 Å². The van der Waals surface area contributed by atoms with Crippen molar-refractivity contribution in [3.8, 4) is 11.5 Å². The van der Waals surface area contributed by atoms with Crippen LogP contribution in [0.5, 0.6) is 11.5 Å². The van der Waals surface area contributed by atoms with E-state index < -0.39 is 0 Å². The third kappa shape index (κ3) is 3.30. The van der Waals surface area contributed by atoms with Crippen LogP contribution in [0.4, 0.5) is 5.69 Å². The van der Waals surface area contributed by atoms with Crippen LogP contribution in [0.25, 0.3) is 0 Å². The van der Waals surface area contributed by atoms with Gasteiger partial charge in [0.2, 0.25) is 0 Å². The average molecular weight is 336 g/mol. The van der Waals surface area contributed by atoms with Crippen LogP contribution in [0, 0.1) is 0 Å². The minimum Gasteiger partial charge on any atom is -0.507 e. The van der Waals surface area contributed by atoms with Gasteiger partial charge in [0, 0.05) is 11.0 Å². The molecular formula is C15H14BrNO3. The number of hydrogen-bond donors (Lipinski definition) is 2. The van der Waals surface area contributed by atoms with E-state index in [9.17, 15) is 9.90 Å². The van der Waals surface area contributed by atoms with E-state index in [2.05, 4.69) is 21.2 Å². The van der Waals surface area contributed by atoms with Crippen LogP contribution in [0.15, 0.2) is 42.5 Å². The predicted octanol–water partition coefficient (Wildman–Crippen LogP) is 3.55. The molecule has 1 amide bonds. The molecule has 5 heteroatoms. The minimum absolute atomic E-state index is 0.0834. The Balaban J connectivity index is 2.23. The lowest BCUT2D eigenvalue weighted by Gasteiger charge is -2.09. The summed E-state index contributed by atoms with van der Waals surface area (Å²) in [5.41, 5.74) is 1.90. The second-order valence-corrected chi connectivity index (χ2v) is 4.73. The first-order valence-corrected chi connectivity index (χ1v) is 7.09. The summed E-state index contributed by atoms with van der Waals surface area (Å²) in [5.74, 6) is 0.0511. The molecule has 0 unspecified atom stereocenters. The second kappa shape index (κ2) is 6.43. The highest BCUT2D eigenvalue weighted by Crippen LogP contribution is 2.24. The molecule has 2 rings (SSSR count). The molecule has 0 aliphatic heterocycles. The lowest BCUT2D eigenvalue weighted by molar-refractivity contribution is 0.102. The van der Waals surface area contributed by atoms with E-state index in [1.807, 2.05) is 18.2 Å². The number of methoxy groups -OCH3 is 1. The maximum Gasteiger partial charge on any atom is 0.259 e. The number of halogens is 1. The van der Waals surface area contributed by atoms with E-state index in [1.54, 1.807) is 12.1 Å². The van der Waals surface area contributed by atoms with Crippen molar-refractivity contribution < 1.29 is 14.6 Å². The zero-order valence-corrected chi connectivity index (χ0v) is 12.5. The predicted molar refractivity (Wildman–Crippen MR) is 81.7 cm³/mol. The Morgan fingerprint density at radius 2 is 2.10 bits per heavy atom. The van der Waals surface area contributed by atoms with Crippen molar-refractivity contribution in [3.63, 3.8) is 0 Å². The monoisotopic (exact) mass is 335 g/mol. The minimum atomic E-state index is -0.381. The van der Waals surface area contributed by atoms with Gasteiger partial charge in [-0.25, -0.2) is 0 Å². The Labute approximate surface area is 125 Å². The first-order valence-electron chi connectivity index (χ1n) is 5.97. The summed E-state index contributed by atoms with van der Waals surface area (Å²) in [6.07, 6.45) is 0. The number of amides is 1. The Kier molecular flexibility index (Phi) is 4.63. The van der Waals surface area contributed by atoms with Crippen LogP contribution in [0.2, 0.25) is 0 Å². The number of alkyl halides is 1. The van der Waals surface area contributed by atoms with Crippen molar-refractivity contribution in [2.75, 3.05) is 12.4 Å². The maximum atomic E-state index is 12.2. The van der Waals surface area contributed by atoms with Gasteiger partial charge < -0.3 is 15.2 Å². The van der Waals surface area contributed by atoms with Crippen molar-refractivity contribution in [1.82, 2.24) is 0 Å². The number of phenols is 1. The molecule has 0 fully saturated rings. The van der Waals surface area contributed by atoms with E-state index in [4.69, 9.17) is 4.74 Å². The van der Waals surface area contributed by atoms with Crippen LogP contribution in [0.1, 0.15) is 15.9 Å². The molecule has 4 nitrogen and oxygen atoms in total. The fraction of sp³-hybridized carbons (Fsp3) is 0.133. The molecule has 0 radical (unpaired) electrons. The molecule has 0 aliphatic carbocycles. The van der Waals surface area contributed by atoms with Crippen molar-refractivity contribution in [3.05, 3.63) is 53.6 Å². The molecule has 2 aromatic rings. The zero-order chi connectivity index (χ0) is 14.5. The number of aromatic hydroxyl groups is 1. The van der Waals surface area contributed by atoms with Crippen LogP contribution in [0.3, 0.4) is 0 Å². The summed E-state index contributed by atoms with van der Waals surface area (Å²) in [6, 6.07) is 12.0. The Morgan fingerprint density at radius 1 is 1.30 bits per heavy atom. The molecule has 2 N–H and O–H groups in total. The van der Waals surface area contributed by atoms with E-state index in [-0.39, 0.29) is 17.2 Å². The summed E-state index contributed by atoms with van der Waals surface area (Å²) in [6.45, 7) is 0. The van der Waals surface area contributed by atoms with Crippen molar-refractivity contribution in [2.24, 2.45) is 0 Å². The van der Waals surface area contributed by atoms with Gasteiger partial charge in [0.15, 0.2) is 0 Å². The number of carbonyl (C=O) groups excluding carboxylic acids is 1. The van der Waals surface area contributed by atoms with Gasteiger partial charge >= 0.3 is 0 Å². The molecule has 0 aliphatic rings. The summed E-state index contributed by atoms with van der Waals surface area (Å²) in [4.78, 5) is 12.2. The summed E-state index contributed by atoms with van der Waals surface area (Å²) in [7, 11) is 1.51. The first-order chi connectivity index (χ1) is 9.63. The van der Waals surface area contributed by atoms with Gasteiger partial charge in [-0.15, -0.1) is 0 Å². The molecular weight excluding hydrogens is 322 g/mol. The smallest absolute Gasteiger partial charge is 0.259 e. The molecule has 104 valence electrons. The van der Waals surface area contributed by atoms with Crippen LogP contribution >= 0.6 is 15.9 Å². The van der Waals surface area contributed by atoms with E-state index >= 15 is 0 Å². The quantitative estimate of drug-likeness (QED) is 0.840. The zero-order valence-electron chi connectivity index (χ0n) is 10.9. The van der Waals surface area contributed by atoms with E-state index in [0.717, 1.165) is 5.56 Å². The SMILES string of the molecule is COc1ccc(O)c(C(=O)Nc2cccc(CBr)c2)c1. The van der Waals surface area contributed by atoms with Crippen LogP contribution in [-0.4, -0.2) is 18.1 Å². The molecule has 0 spiro atoms. The molecule has 0 saturated carbocycles. The lowest BCUT2D eigenvalue weighted by Crippen LogP contribution is -2.12. The number of carbonyl (C=O) groups is 1. The summed E-state index contributed by atoms with van der Waals surface area (Å²) < 4.78 is 5.05. The van der Waals surface area contributed by atoms with Crippen molar-refractivity contribution in [2.45, 2.75) is 5.33 Å². The number of anilines is 1. The standard InChI is InChI=1S/C15H14BrNO3/c1-20-12-5-6-14(18)13(8-12)15(19)17-11-4-2-3-10(7-11)9-16/h2-8,18H,9H2,1H3,(H,17,19). The number of hydrogen-bond acceptors (Lipinski definition) is 3. The third-order valence-corrected chi connectivity index (χ3v) is 3.43. The van der Waals surface area contributed by atoms with Gasteiger partial charge in [0.25, 0.3) is 5.91 Å². The highest BCUT2D eigenvalue weighted by molar-refractivity contribution is 9.08. The summed E-state index contributed by atoms with van der Waals surface area (Å²) in [5, 5.41) is 13.2. The van der Waals surface area contributed by atoms with Gasteiger partial charge in [-0.1, -0.05) is 28.1 Å². The average Bonchev–Trinajstić information content (AvgIpc) is 2.47. The lowest BCUT2D eigenvalue weighted by atomic mass is 10.1. The fourth-order valence-electron chi connectivity index (χ4n) is 1.75. The molecule has 0 atom stereocenters. The van der Waals surface area contributed by atoms with Gasteiger partial charge in [-0.3, -0.25) is 4.79 Å². The van der Waals surface area contributed by atoms with Gasteiger partial charge in [-0.2, -0.15) is 0 Å². The molecule has 20 heavy (non-hydrogen) atoms. The van der Waals surface area contributed by atoms with Crippen molar-refractivity contribution >= 4 is 27.5 Å². The normalized spacial score (nSPS) is 10.1. The number of phenolic OH excluding ortho intramolecular Hbond substituents is 1. The number of benzene rings is 2. The number of rotatable bonds is 4. The third-order valence-electron chi connectivity index (χ3n) is 2.79.